The van der Waals surface area contributed by atoms with Crippen molar-refractivity contribution in [2.45, 2.75) is 6.18 Å². The molecule has 2 rings (SSSR count). The molecule has 1 aromatic carbocycles. The highest BCUT2D eigenvalue weighted by atomic mass is 79.9. The Balaban J connectivity index is 2.42. The quantitative estimate of drug-likeness (QED) is 0.664. The minimum absolute atomic E-state index is 0.226. The minimum atomic E-state index is -4.63. The zero-order valence-corrected chi connectivity index (χ0v) is 11.6. The van der Waals surface area contributed by atoms with E-state index in [0.29, 0.717) is 14.7 Å². The van der Waals surface area contributed by atoms with Crippen LogP contribution in [0.15, 0.2) is 33.8 Å². The molecule has 0 fully saturated rings. The largest absolute Gasteiger partial charge is 0.453 e. The molecule has 0 aliphatic carbocycles. The number of halogens is 4. The molecule has 1 aromatic heterocycles. The Kier molecular flexibility index (Phi) is 3.85. The number of H-pyrrole nitrogens is 1. The fourth-order valence-electron chi connectivity index (χ4n) is 1.28. The van der Waals surface area contributed by atoms with Crippen molar-refractivity contribution < 1.29 is 13.2 Å². The molecule has 0 aliphatic heterocycles. The molecule has 0 saturated heterocycles. The van der Waals surface area contributed by atoms with Crippen LogP contribution < -0.4 is 0 Å². The Morgan fingerprint density at radius 3 is 2.68 bits per heavy atom. The van der Waals surface area contributed by atoms with Gasteiger partial charge in [0.2, 0.25) is 4.77 Å². The van der Waals surface area contributed by atoms with E-state index >= 15 is 0 Å². The molecule has 0 radical (unpaired) electrons. The number of nitrogens with zero attached hydrogens (tertiary/aromatic N) is 3. The van der Waals surface area contributed by atoms with E-state index < -0.39 is 12.0 Å². The summed E-state index contributed by atoms with van der Waals surface area (Å²) in [6, 6.07) is 6.97. The lowest BCUT2D eigenvalue weighted by atomic mass is 10.2. The maximum atomic E-state index is 12.6. The van der Waals surface area contributed by atoms with Crippen molar-refractivity contribution in [1.82, 2.24) is 14.9 Å². The number of rotatable bonds is 2. The maximum absolute atomic E-state index is 12.6. The van der Waals surface area contributed by atoms with E-state index in [-0.39, 0.29) is 4.77 Å². The Morgan fingerprint density at radius 1 is 1.37 bits per heavy atom. The van der Waals surface area contributed by atoms with E-state index in [9.17, 15) is 13.2 Å². The second kappa shape index (κ2) is 5.25. The van der Waals surface area contributed by atoms with Gasteiger partial charge >= 0.3 is 6.18 Å². The summed E-state index contributed by atoms with van der Waals surface area (Å²) in [6.45, 7) is 0. The van der Waals surface area contributed by atoms with E-state index in [4.69, 9.17) is 12.2 Å². The Morgan fingerprint density at radius 2 is 2.05 bits per heavy atom. The first kappa shape index (κ1) is 13.9. The number of aromatic nitrogens is 3. The van der Waals surface area contributed by atoms with E-state index in [1.807, 2.05) is 0 Å². The van der Waals surface area contributed by atoms with Crippen molar-refractivity contribution in [3.63, 3.8) is 0 Å². The third kappa shape index (κ3) is 3.10. The summed E-state index contributed by atoms with van der Waals surface area (Å²) < 4.78 is 38.9. The van der Waals surface area contributed by atoms with Gasteiger partial charge in [0, 0.05) is 10.0 Å². The Labute approximate surface area is 119 Å². The van der Waals surface area contributed by atoms with Crippen LogP contribution in [0.25, 0.3) is 0 Å². The summed E-state index contributed by atoms with van der Waals surface area (Å²) in [5, 5.41) is 8.89. The summed E-state index contributed by atoms with van der Waals surface area (Å²) in [7, 11) is 0. The molecular formula is C10H6BrF3N4S. The van der Waals surface area contributed by atoms with Gasteiger partial charge in [-0.05, 0) is 18.3 Å². The second-order valence-electron chi connectivity index (χ2n) is 3.43. The van der Waals surface area contributed by atoms with Crippen molar-refractivity contribution in [3.8, 4) is 0 Å². The summed E-state index contributed by atoms with van der Waals surface area (Å²) in [6.07, 6.45) is -3.36. The fourth-order valence-corrected chi connectivity index (χ4v) is 1.85. The molecule has 0 saturated carbocycles. The van der Waals surface area contributed by atoms with Gasteiger partial charge in [-0.25, -0.2) is 5.10 Å². The van der Waals surface area contributed by atoms with Gasteiger partial charge in [0.25, 0.3) is 5.82 Å². The molecule has 0 spiro atoms. The van der Waals surface area contributed by atoms with Crippen LogP contribution >= 0.6 is 28.1 Å². The third-order valence-electron chi connectivity index (χ3n) is 2.12. The summed E-state index contributed by atoms with van der Waals surface area (Å²) >= 11 is 7.97. The predicted octanol–water partition coefficient (Wildman–Crippen LogP) is 3.60. The Bertz CT molecular complexity index is 674. The van der Waals surface area contributed by atoms with Gasteiger partial charge in [-0.3, -0.25) is 0 Å². The zero-order valence-electron chi connectivity index (χ0n) is 9.15. The number of benzene rings is 1. The zero-order chi connectivity index (χ0) is 14.0. The first-order valence-corrected chi connectivity index (χ1v) is 6.13. The molecule has 9 heteroatoms. The molecule has 0 unspecified atom stereocenters. The average Bonchev–Trinajstić information content (AvgIpc) is 2.69. The lowest BCUT2D eigenvalue weighted by Crippen LogP contribution is -2.12. The van der Waals surface area contributed by atoms with Gasteiger partial charge in [0.05, 0.1) is 6.21 Å². The van der Waals surface area contributed by atoms with Crippen LogP contribution in [0.5, 0.6) is 0 Å². The molecule has 2 aromatic rings. The molecule has 100 valence electrons. The monoisotopic (exact) mass is 350 g/mol. The van der Waals surface area contributed by atoms with E-state index in [0.717, 1.165) is 0 Å². The Hall–Kier alpha value is -1.48. The predicted molar refractivity (Wildman–Crippen MR) is 69.5 cm³/mol. The molecule has 0 atom stereocenters. The van der Waals surface area contributed by atoms with Crippen LogP contribution in [0.2, 0.25) is 0 Å². The molecule has 0 bridgehead atoms. The van der Waals surface area contributed by atoms with Crippen LogP contribution in [0, 0.1) is 4.77 Å². The topological polar surface area (TPSA) is 46.0 Å². The van der Waals surface area contributed by atoms with Gasteiger partial charge < -0.3 is 0 Å². The van der Waals surface area contributed by atoms with Crippen molar-refractivity contribution >= 4 is 34.4 Å². The number of nitrogens with one attached hydrogen (secondary N) is 1. The molecule has 1 heterocycles. The lowest BCUT2D eigenvalue weighted by Gasteiger charge is -2.04. The second-order valence-corrected chi connectivity index (χ2v) is 4.67. The highest BCUT2D eigenvalue weighted by Gasteiger charge is 2.37. The maximum Gasteiger partial charge on any atom is 0.453 e. The van der Waals surface area contributed by atoms with E-state index in [1.54, 1.807) is 24.3 Å². The van der Waals surface area contributed by atoms with E-state index in [2.05, 4.69) is 31.2 Å². The van der Waals surface area contributed by atoms with Crippen molar-refractivity contribution in [2.75, 3.05) is 0 Å². The number of hydrogen-bond donors (Lipinski definition) is 1. The fraction of sp³-hybridized carbons (Fsp3) is 0.100. The van der Waals surface area contributed by atoms with Crippen molar-refractivity contribution in [3.05, 3.63) is 44.9 Å². The number of alkyl halides is 3. The van der Waals surface area contributed by atoms with Crippen LogP contribution in [-0.2, 0) is 6.18 Å². The van der Waals surface area contributed by atoms with Crippen molar-refractivity contribution in [1.29, 1.82) is 0 Å². The number of hydrogen-bond acceptors (Lipinski definition) is 3. The number of aromatic amines is 1. The minimum Gasteiger partial charge on any atom is -0.250 e. The normalized spacial score (nSPS) is 12.2. The van der Waals surface area contributed by atoms with Crippen LogP contribution in [0.3, 0.4) is 0 Å². The average molecular weight is 351 g/mol. The summed E-state index contributed by atoms with van der Waals surface area (Å²) in [5.74, 6) is -1.19. The molecular weight excluding hydrogens is 345 g/mol. The van der Waals surface area contributed by atoms with Crippen LogP contribution in [-0.4, -0.2) is 21.1 Å². The van der Waals surface area contributed by atoms with Crippen LogP contribution in [0.4, 0.5) is 13.2 Å². The van der Waals surface area contributed by atoms with E-state index in [1.165, 1.54) is 6.21 Å². The van der Waals surface area contributed by atoms with Crippen molar-refractivity contribution in [2.24, 2.45) is 5.10 Å². The molecule has 0 amide bonds. The van der Waals surface area contributed by atoms with Crippen LogP contribution in [0.1, 0.15) is 11.4 Å². The first-order chi connectivity index (χ1) is 8.89. The summed E-state index contributed by atoms with van der Waals surface area (Å²) in [4.78, 5) is 0. The molecule has 4 nitrogen and oxygen atoms in total. The smallest absolute Gasteiger partial charge is 0.250 e. The molecule has 0 aliphatic rings. The standard InChI is InChI=1S/C10H6BrF3N4S/c11-7-4-2-1-3-6(7)5-15-18-8(10(12,13)14)16-17-9(18)19/h1-5H,(H,17,19)/b15-5+. The van der Waals surface area contributed by atoms with Gasteiger partial charge in [0.1, 0.15) is 0 Å². The third-order valence-corrected chi connectivity index (χ3v) is 3.11. The SMILES string of the molecule is FC(F)(F)c1n[nH]c(=S)n1/N=C/c1ccccc1Br. The van der Waals surface area contributed by atoms with Gasteiger partial charge in [-0.2, -0.15) is 22.9 Å². The van der Waals surface area contributed by atoms with Gasteiger partial charge in [0.15, 0.2) is 0 Å². The first-order valence-electron chi connectivity index (χ1n) is 4.93. The highest BCUT2D eigenvalue weighted by Crippen LogP contribution is 2.27. The highest BCUT2D eigenvalue weighted by molar-refractivity contribution is 9.10. The molecule has 1 N–H and O–H groups in total. The lowest BCUT2D eigenvalue weighted by molar-refractivity contribution is -0.147. The van der Waals surface area contributed by atoms with Gasteiger partial charge in [-0.15, -0.1) is 5.10 Å². The summed E-state index contributed by atoms with van der Waals surface area (Å²) in [5.41, 5.74) is 0.624. The molecule has 19 heavy (non-hydrogen) atoms. The van der Waals surface area contributed by atoms with Gasteiger partial charge in [-0.1, -0.05) is 34.1 Å².